The van der Waals surface area contributed by atoms with Gasteiger partial charge in [-0.05, 0) is 38.0 Å². The third kappa shape index (κ3) is 4.73. The van der Waals surface area contributed by atoms with E-state index < -0.39 is 18.0 Å². The summed E-state index contributed by atoms with van der Waals surface area (Å²) in [6, 6.07) is 10.1. The van der Waals surface area contributed by atoms with Crippen LogP contribution in [0, 0.1) is 6.92 Å². The standard InChI is InChI=1S/C23H29N3O5/c1-5-18-19(22(28)30-4)15(2)20(24-18)23(29)31-16(3)21(27)26-13-11-25(12-14-26)17-9-7-6-8-10-17/h6-10,16,24H,5,11-14H2,1-4H3. The number of aromatic amines is 1. The normalized spacial score (nSPS) is 14.8. The second-order valence-corrected chi connectivity index (χ2v) is 7.52. The van der Waals surface area contributed by atoms with Gasteiger partial charge in [0.05, 0.1) is 12.7 Å². The highest BCUT2D eigenvalue weighted by Gasteiger charge is 2.30. The highest BCUT2D eigenvalue weighted by Crippen LogP contribution is 2.22. The van der Waals surface area contributed by atoms with E-state index in [-0.39, 0.29) is 11.6 Å². The Hall–Kier alpha value is -3.29. The molecule has 1 amide bonds. The topological polar surface area (TPSA) is 91.9 Å². The monoisotopic (exact) mass is 427 g/mol. The van der Waals surface area contributed by atoms with E-state index in [1.165, 1.54) is 7.11 Å². The van der Waals surface area contributed by atoms with Gasteiger partial charge >= 0.3 is 11.9 Å². The Morgan fingerprint density at radius 1 is 1.06 bits per heavy atom. The molecule has 0 spiro atoms. The van der Waals surface area contributed by atoms with Crippen LogP contribution in [0.5, 0.6) is 0 Å². The lowest BCUT2D eigenvalue weighted by molar-refractivity contribution is -0.140. The average Bonchev–Trinajstić information content (AvgIpc) is 3.15. The minimum absolute atomic E-state index is 0.172. The van der Waals surface area contributed by atoms with Crippen molar-refractivity contribution in [1.82, 2.24) is 9.88 Å². The van der Waals surface area contributed by atoms with Crippen LogP contribution in [0.2, 0.25) is 0 Å². The van der Waals surface area contributed by atoms with Gasteiger partial charge in [-0.3, -0.25) is 4.79 Å². The van der Waals surface area contributed by atoms with Gasteiger partial charge in [0.15, 0.2) is 6.10 Å². The maximum absolute atomic E-state index is 12.8. The third-order valence-corrected chi connectivity index (χ3v) is 5.62. The molecule has 0 bridgehead atoms. The summed E-state index contributed by atoms with van der Waals surface area (Å²) in [5.74, 6) is -1.40. The molecule has 0 aliphatic carbocycles. The number of carbonyl (C=O) groups is 3. The van der Waals surface area contributed by atoms with Crippen molar-refractivity contribution in [3.8, 4) is 0 Å². The number of amides is 1. The molecule has 1 aliphatic rings. The zero-order chi connectivity index (χ0) is 22.5. The molecule has 2 heterocycles. The average molecular weight is 428 g/mol. The molecule has 0 saturated carbocycles. The number of anilines is 1. The first-order valence-corrected chi connectivity index (χ1v) is 10.5. The van der Waals surface area contributed by atoms with Crippen LogP contribution in [0.4, 0.5) is 5.69 Å². The number of hydrogen-bond acceptors (Lipinski definition) is 6. The number of rotatable bonds is 6. The molecule has 1 atom stereocenters. The Balaban J connectivity index is 1.62. The maximum Gasteiger partial charge on any atom is 0.355 e. The molecule has 31 heavy (non-hydrogen) atoms. The number of para-hydroxylation sites is 1. The minimum atomic E-state index is -0.926. The van der Waals surface area contributed by atoms with Crippen LogP contribution in [0.1, 0.15) is 46.0 Å². The third-order valence-electron chi connectivity index (χ3n) is 5.62. The number of methoxy groups -OCH3 is 1. The summed E-state index contributed by atoms with van der Waals surface area (Å²) in [6.45, 7) is 7.65. The maximum atomic E-state index is 12.8. The summed E-state index contributed by atoms with van der Waals surface area (Å²) in [7, 11) is 1.30. The molecule has 1 aromatic carbocycles. The first kappa shape index (κ1) is 22.4. The Kier molecular flexibility index (Phi) is 6.99. The van der Waals surface area contributed by atoms with Gasteiger partial charge in [-0.1, -0.05) is 25.1 Å². The summed E-state index contributed by atoms with van der Waals surface area (Å²) in [5, 5.41) is 0. The number of aromatic nitrogens is 1. The van der Waals surface area contributed by atoms with Crippen LogP contribution in [-0.4, -0.2) is 67.1 Å². The first-order valence-electron chi connectivity index (χ1n) is 10.5. The number of nitrogens with one attached hydrogen (secondary N) is 1. The van der Waals surface area contributed by atoms with Crippen LogP contribution in [0.15, 0.2) is 30.3 Å². The SMILES string of the molecule is CCc1[nH]c(C(=O)OC(C)C(=O)N2CCN(c3ccccc3)CC2)c(C)c1C(=O)OC. The molecule has 1 unspecified atom stereocenters. The number of nitrogens with zero attached hydrogens (tertiary/aromatic N) is 2. The highest BCUT2D eigenvalue weighted by atomic mass is 16.5. The number of piperazine rings is 1. The lowest BCUT2D eigenvalue weighted by atomic mass is 10.1. The second-order valence-electron chi connectivity index (χ2n) is 7.52. The van der Waals surface area contributed by atoms with E-state index in [2.05, 4.69) is 9.88 Å². The minimum Gasteiger partial charge on any atom is -0.465 e. The molecular formula is C23H29N3O5. The Morgan fingerprint density at radius 3 is 2.29 bits per heavy atom. The van der Waals surface area contributed by atoms with Gasteiger partial charge in [0, 0.05) is 37.6 Å². The number of carbonyl (C=O) groups excluding carboxylic acids is 3. The highest BCUT2D eigenvalue weighted by molar-refractivity contribution is 5.99. The van der Waals surface area contributed by atoms with Crippen molar-refractivity contribution < 1.29 is 23.9 Å². The fourth-order valence-corrected chi connectivity index (χ4v) is 3.86. The van der Waals surface area contributed by atoms with Crippen molar-refractivity contribution in [2.45, 2.75) is 33.3 Å². The summed E-state index contributed by atoms with van der Waals surface area (Å²) in [5.41, 5.74) is 2.71. The largest absolute Gasteiger partial charge is 0.465 e. The molecule has 1 aliphatic heterocycles. The van der Waals surface area contributed by atoms with Crippen LogP contribution in [-0.2, 0) is 20.7 Å². The summed E-state index contributed by atoms with van der Waals surface area (Å²) < 4.78 is 10.3. The Bertz CT molecular complexity index is 946. The predicted octanol–water partition coefficient (Wildman–Crippen LogP) is 2.57. The van der Waals surface area contributed by atoms with Gasteiger partial charge in [0.25, 0.3) is 5.91 Å². The molecule has 2 aromatic rings. The number of ether oxygens (including phenoxy) is 2. The van der Waals surface area contributed by atoms with Crippen molar-refractivity contribution in [3.05, 3.63) is 52.8 Å². The molecule has 8 nitrogen and oxygen atoms in total. The van der Waals surface area contributed by atoms with E-state index in [1.807, 2.05) is 37.3 Å². The molecule has 1 saturated heterocycles. The Labute approximate surface area is 182 Å². The molecular weight excluding hydrogens is 398 g/mol. The fourth-order valence-electron chi connectivity index (χ4n) is 3.86. The summed E-state index contributed by atoms with van der Waals surface area (Å²) in [4.78, 5) is 44.5. The van der Waals surface area contributed by atoms with Crippen molar-refractivity contribution in [3.63, 3.8) is 0 Å². The molecule has 0 radical (unpaired) electrons. The number of hydrogen-bond donors (Lipinski definition) is 1. The van der Waals surface area contributed by atoms with E-state index in [1.54, 1.807) is 18.7 Å². The fraction of sp³-hybridized carbons (Fsp3) is 0.435. The van der Waals surface area contributed by atoms with Gasteiger partial charge in [-0.25, -0.2) is 9.59 Å². The van der Waals surface area contributed by atoms with E-state index in [4.69, 9.17) is 9.47 Å². The molecule has 3 rings (SSSR count). The van der Waals surface area contributed by atoms with Crippen molar-refractivity contribution in [2.75, 3.05) is 38.2 Å². The number of H-pyrrole nitrogens is 1. The summed E-state index contributed by atoms with van der Waals surface area (Å²) >= 11 is 0. The van der Waals surface area contributed by atoms with Gasteiger partial charge in [0.1, 0.15) is 5.69 Å². The van der Waals surface area contributed by atoms with Gasteiger partial charge in [0.2, 0.25) is 0 Å². The molecule has 1 fully saturated rings. The van der Waals surface area contributed by atoms with Gasteiger partial charge in [-0.2, -0.15) is 0 Å². The number of benzene rings is 1. The zero-order valence-corrected chi connectivity index (χ0v) is 18.4. The van der Waals surface area contributed by atoms with Crippen molar-refractivity contribution in [2.24, 2.45) is 0 Å². The summed E-state index contributed by atoms with van der Waals surface area (Å²) in [6.07, 6.45) is -0.399. The smallest absolute Gasteiger partial charge is 0.355 e. The van der Waals surface area contributed by atoms with E-state index in [0.717, 1.165) is 5.69 Å². The van der Waals surface area contributed by atoms with Gasteiger partial charge < -0.3 is 24.3 Å². The van der Waals surface area contributed by atoms with Crippen LogP contribution in [0.25, 0.3) is 0 Å². The van der Waals surface area contributed by atoms with Crippen molar-refractivity contribution in [1.29, 1.82) is 0 Å². The lowest BCUT2D eigenvalue weighted by Gasteiger charge is -2.37. The lowest BCUT2D eigenvalue weighted by Crippen LogP contribution is -2.51. The molecule has 8 heteroatoms. The van der Waals surface area contributed by atoms with Gasteiger partial charge in [-0.15, -0.1) is 0 Å². The predicted molar refractivity (Wildman–Crippen MR) is 116 cm³/mol. The van der Waals surface area contributed by atoms with Crippen molar-refractivity contribution >= 4 is 23.5 Å². The zero-order valence-electron chi connectivity index (χ0n) is 18.4. The molecule has 166 valence electrons. The second kappa shape index (κ2) is 9.68. The van der Waals surface area contributed by atoms with Crippen LogP contribution >= 0.6 is 0 Å². The quantitative estimate of drug-likeness (QED) is 0.713. The molecule has 1 N–H and O–H groups in total. The number of esters is 2. The van der Waals surface area contributed by atoms with Crippen LogP contribution < -0.4 is 4.90 Å². The molecule has 1 aromatic heterocycles. The number of aryl methyl sites for hydroxylation is 1. The van der Waals surface area contributed by atoms with E-state index in [0.29, 0.717) is 49.4 Å². The van der Waals surface area contributed by atoms with E-state index >= 15 is 0 Å². The first-order chi connectivity index (χ1) is 14.9. The van der Waals surface area contributed by atoms with Crippen LogP contribution in [0.3, 0.4) is 0 Å². The Morgan fingerprint density at radius 2 is 1.71 bits per heavy atom. The van der Waals surface area contributed by atoms with E-state index in [9.17, 15) is 14.4 Å².